The van der Waals surface area contributed by atoms with Crippen molar-refractivity contribution in [1.29, 1.82) is 0 Å². The second-order valence-electron chi connectivity index (χ2n) is 3.50. The van der Waals surface area contributed by atoms with Gasteiger partial charge in [0.2, 0.25) is 0 Å². The zero-order valence-corrected chi connectivity index (χ0v) is 14.6. The van der Waals surface area contributed by atoms with Crippen molar-refractivity contribution < 1.29 is 21.1 Å². The van der Waals surface area contributed by atoms with E-state index in [1.807, 2.05) is 24.3 Å². The molecule has 0 unspecified atom stereocenters. The zero-order valence-electron chi connectivity index (χ0n) is 10.0. The second kappa shape index (κ2) is 13.3. The Hall–Kier alpha value is 0.283. The first-order chi connectivity index (χ1) is 7.93. The normalized spacial score (nSPS) is 9.50. The van der Waals surface area contributed by atoms with Gasteiger partial charge in [-0.15, -0.1) is 5.56 Å². The van der Waals surface area contributed by atoms with E-state index in [1.165, 1.54) is 42.0 Å². The molecule has 1 nitrogen and oxygen atoms in total. The molecule has 3 heteroatoms. The Balaban J connectivity index is 0.00000106. The summed E-state index contributed by atoms with van der Waals surface area (Å²) in [5.41, 5.74) is 1.14. The van der Waals surface area contributed by atoms with E-state index in [1.54, 1.807) is 0 Å². The van der Waals surface area contributed by atoms with Crippen LogP contribution in [0.3, 0.4) is 0 Å². The molecule has 0 amide bonds. The summed E-state index contributed by atoms with van der Waals surface area (Å²) in [6, 6.07) is 11.1. The van der Waals surface area contributed by atoms with Crippen molar-refractivity contribution in [2.75, 3.05) is 6.61 Å². The minimum absolute atomic E-state index is 0.701. The first kappa shape index (κ1) is 16.3. The van der Waals surface area contributed by atoms with E-state index in [2.05, 4.69) is 26.6 Å². The maximum absolute atomic E-state index is 5.54. The van der Waals surface area contributed by atoms with E-state index in [0.29, 0.717) is 6.61 Å². The predicted molar refractivity (Wildman–Crippen MR) is 68.0 cm³/mol. The standard InChI is InChI=1S/C13H19O.BrH.Zn/c1-2-3-4-8-11-14-12-13-9-6-5-7-10-13;;/h5-7,9H,2-4,8,11-12H2,1H3;1H;/q-1;;+2/p-1. The van der Waals surface area contributed by atoms with Crippen molar-refractivity contribution in [3.05, 3.63) is 35.9 Å². The number of halogens is 1. The third-order valence-electron chi connectivity index (χ3n) is 2.17. The van der Waals surface area contributed by atoms with Crippen LogP contribution in [0.5, 0.6) is 0 Å². The minimum atomic E-state index is 0.701. The van der Waals surface area contributed by atoms with Crippen LogP contribution in [0.15, 0.2) is 24.3 Å². The summed E-state index contributed by atoms with van der Waals surface area (Å²) < 4.78 is 5.54. The third kappa shape index (κ3) is 9.51. The first-order valence-corrected chi connectivity index (χ1v) is 12.7. The van der Waals surface area contributed by atoms with Crippen LogP contribution in [-0.4, -0.2) is 6.61 Å². The molecule has 0 N–H and O–H groups in total. The summed E-state index contributed by atoms with van der Waals surface area (Å²) in [5, 5.41) is 0. The molecular formula is C13H19BrOZn. The van der Waals surface area contributed by atoms with Crippen molar-refractivity contribution in [2.45, 2.75) is 39.2 Å². The topological polar surface area (TPSA) is 9.23 Å². The van der Waals surface area contributed by atoms with Crippen molar-refractivity contribution >= 4 is 13.6 Å². The van der Waals surface area contributed by atoms with Gasteiger partial charge in [0, 0.05) is 13.2 Å². The van der Waals surface area contributed by atoms with Gasteiger partial charge >= 0.3 is 30.0 Å². The summed E-state index contributed by atoms with van der Waals surface area (Å²) in [6.45, 7) is 3.80. The van der Waals surface area contributed by atoms with Crippen LogP contribution in [0.2, 0.25) is 0 Å². The molecule has 0 atom stereocenters. The Kier molecular flexibility index (Phi) is 13.6. The van der Waals surface area contributed by atoms with Crippen molar-refractivity contribution in [2.24, 2.45) is 0 Å². The van der Waals surface area contributed by atoms with Crippen molar-refractivity contribution in [3.8, 4) is 0 Å². The number of hydrogen-bond acceptors (Lipinski definition) is 1. The first-order valence-electron chi connectivity index (χ1n) is 5.73. The number of ether oxygens (including phenoxy) is 1. The molecule has 0 aliphatic rings. The fourth-order valence-electron chi connectivity index (χ4n) is 1.33. The van der Waals surface area contributed by atoms with Gasteiger partial charge in [0.05, 0.1) is 0 Å². The molecule has 0 aliphatic carbocycles. The maximum atomic E-state index is 5.54. The number of unbranched alkanes of at least 4 members (excludes halogenated alkanes) is 3. The number of hydrogen-bond donors (Lipinski definition) is 0. The van der Waals surface area contributed by atoms with Crippen LogP contribution in [0.4, 0.5) is 0 Å². The summed E-state index contributed by atoms with van der Waals surface area (Å²) in [5.74, 6) is 0. The Bertz CT molecular complexity index is 229. The van der Waals surface area contributed by atoms with E-state index >= 15 is 0 Å². The van der Waals surface area contributed by atoms with Crippen LogP contribution in [0.1, 0.15) is 38.2 Å². The summed E-state index contributed by atoms with van der Waals surface area (Å²) in [4.78, 5) is 0. The quantitative estimate of drug-likeness (QED) is 0.407. The molecule has 0 saturated heterocycles. The fraction of sp³-hybridized carbons (Fsp3) is 0.538. The SMILES string of the molecule is CCCCCCOCc1[c-]cccc1.[Zn+][Br]. The molecule has 0 spiro atoms. The molecule has 0 bridgehead atoms. The van der Waals surface area contributed by atoms with Crippen molar-refractivity contribution in [1.82, 2.24) is 0 Å². The molecule has 0 fully saturated rings. The van der Waals surface area contributed by atoms with Gasteiger partial charge in [0.1, 0.15) is 0 Å². The van der Waals surface area contributed by atoms with Crippen LogP contribution in [0.25, 0.3) is 0 Å². The van der Waals surface area contributed by atoms with Gasteiger partial charge in [0.25, 0.3) is 0 Å². The van der Waals surface area contributed by atoms with Gasteiger partial charge in [-0.1, -0.05) is 26.2 Å². The molecule has 86 valence electrons. The Morgan fingerprint density at radius 3 is 2.69 bits per heavy atom. The van der Waals surface area contributed by atoms with Crippen LogP contribution in [0, 0.1) is 6.07 Å². The molecule has 16 heavy (non-hydrogen) atoms. The zero-order chi connectivity index (χ0) is 12.1. The Morgan fingerprint density at radius 1 is 1.25 bits per heavy atom. The van der Waals surface area contributed by atoms with Gasteiger partial charge in [-0.05, 0) is 6.42 Å². The fourth-order valence-corrected chi connectivity index (χ4v) is 1.33. The molecule has 0 radical (unpaired) electrons. The van der Waals surface area contributed by atoms with E-state index in [0.717, 1.165) is 12.2 Å². The van der Waals surface area contributed by atoms with E-state index in [9.17, 15) is 0 Å². The molecule has 0 aromatic heterocycles. The molecule has 1 aromatic rings. The summed E-state index contributed by atoms with van der Waals surface area (Å²) in [7, 11) is 0. The molecule has 0 heterocycles. The Labute approximate surface area is 116 Å². The molecular weight excluding hydrogens is 317 g/mol. The molecule has 0 aliphatic heterocycles. The van der Waals surface area contributed by atoms with E-state index in [4.69, 9.17) is 4.74 Å². The van der Waals surface area contributed by atoms with E-state index in [-0.39, 0.29) is 0 Å². The summed E-state index contributed by atoms with van der Waals surface area (Å²) in [6.07, 6.45) is 5.07. The average Bonchev–Trinajstić information content (AvgIpc) is 2.37. The van der Waals surface area contributed by atoms with Gasteiger partial charge in [-0.25, -0.2) is 0 Å². The number of benzene rings is 1. The number of rotatable bonds is 7. The van der Waals surface area contributed by atoms with Crippen LogP contribution in [-0.2, 0) is 27.7 Å². The van der Waals surface area contributed by atoms with Crippen LogP contribution >= 0.6 is 13.6 Å². The molecule has 1 aromatic carbocycles. The monoisotopic (exact) mass is 334 g/mol. The van der Waals surface area contributed by atoms with Gasteiger partial charge in [-0.3, -0.25) is 0 Å². The van der Waals surface area contributed by atoms with Crippen LogP contribution < -0.4 is 0 Å². The van der Waals surface area contributed by atoms with Gasteiger partial charge < -0.3 is 4.74 Å². The summed E-state index contributed by atoms with van der Waals surface area (Å²) >= 11 is 4.25. The second-order valence-corrected chi connectivity index (χ2v) is 3.50. The van der Waals surface area contributed by atoms with Gasteiger partial charge in [0.15, 0.2) is 0 Å². The molecule has 1 rings (SSSR count). The van der Waals surface area contributed by atoms with Gasteiger partial charge in [-0.2, -0.15) is 30.3 Å². The average molecular weight is 337 g/mol. The third-order valence-corrected chi connectivity index (χ3v) is 2.17. The predicted octanol–water partition coefficient (Wildman–Crippen LogP) is 4.43. The van der Waals surface area contributed by atoms with E-state index < -0.39 is 0 Å². The van der Waals surface area contributed by atoms with Crippen molar-refractivity contribution in [3.63, 3.8) is 0 Å². The molecule has 0 saturated carbocycles. The Morgan fingerprint density at radius 2 is 2.06 bits per heavy atom.